The summed E-state index contributed by atoms with van der Waals surface area (Å²) < 4.78 is 9.04. The topological polar surface area (TPSA) is 135 Å². The van der Waals surface area contributed by atoms with Crippen LogP contribution in [-0.2, 0) is 4.79 Å². The maximum Gasteiger partial charge on any atom is 0.335 e. The van der Waals surface area contributed by atoms with Gasteiger partial charge in [0.2, 0.25) is 0 Å². The van der Waals surface area contributed by atoms with Crippen molar-refractivity contribution in [3.05, 3.63) is 83.1 Å². The number of nitrogen functional groups attached to an aromatic ring is 1. The predicted octanol–water partition coefficient (Wildman–Crippen LogP) is 4.05. The summed E-state index contributed by atoms with van der Waals surface area (Å²) in [5.41, 5.74) is 7.10. The molecule has 2 fully saturated rings. The van der Waals surface area contributed by atoms with Crippen molar-refractivity contribution < 1.29 is 9.53 Å². The molecule has 0 radical (unpaired) electrons. The second-order valence-electron chi connectivity index (χ2n) is 11.5. The number of carbonyl (C=O) groups is 1. The van der Waals surface area contributed by atoms with Gasteiger partial charge in [0.05, 0.1) is 11.7 Å². The van der Waals surface area contributed by atoms with Gasteiger partial charge >= 0.3 is 5.69 Å². The van der Waals surface area contributed by atoms with Gasteiger partial charge in [-0.05, 0) is 75.6 Å². The number of piperidine rings is 1. The van der Waals surface area contributed by atoms with E-state index in [4.69, 9.17) is 10.5 Å². The lowest BCUT2D eigenvalue weighted by atomic mass is 9.94. The van der Waals surface area contributed by atoms with E-state index in [1.807, 2.05) is 44.2 Å². The van der Waals surface area contributed by atoms with E-state index in [-0.39, 0.29) is 35.6 Å². The van der Waals surface area contributed by atoms with Gasteiger partial charge in [-0.3, -0.25) is 18.8 Å². The van der Waals surface area contributed by atoms with Gasteiger partial charge in [0.25, 0.3) is 5.91 Å². The zero-order valence-corrected chi connectivity index (χ0v) is 24.3. The van der Waals surface area contributed by atoms with Crippen LogP contribution in [0.1, 0.15) is 39.2 Å². The quantitative estimate of drug-likeness (QED) is 0.256. The van der Waals surface area contributed by atoms with Gasteiger partial charge in [-0.1, -0.05) is 18.2 Å². The maximum atomic E-state index is 14.1. The number of anilines is 1. The fraction of sp³-hybridized carbons (Fsp3) is 0.344. The van der Waals surface area contributed by atoms with Crippen LogP contribution in [0.25, 0.3) is 16.9 Å². The van der Waals surface area contributed by atoms with Crippen LogP contribution >= 0.6 is 0 Å². The molecule has 0 unspecified atom stereocenters. The van der Waals surface area contributed by atoms with Crippen molar-refractivity contribution in [3.63, 3.8) is 0 Å². The van der Waals surface area contributed by atoms with Gasteiger partial charge < -0.3 is 15.4 Å². The van der Waals surface area contributed by atoms with Crippen molar-refractivity contribution in [2.45, 2.75) is 44.7 Å². The molecule has 2 aromatic carbocycles. The van der Waals surface area contributed by atoms with Crippen molar-refractivity contribution >= 4 is 22.9 Å². The summed E-state index contributed by atoms with van der Waals surface area (Å²) >= 11 is 0. The standard InChI is InChI=1S/C32H34N8O3/c1-32(2,38-16-7-17-38)18-22(19-33)30(41)37-15-6-8-24(20-37)40-29-27(28(34)35-21-36-29)39(31(40)42)23-11-13-26(14-12-23)43-25-9-4-3-5-10-25/h3-5,9-14,18,21,24H,6-8,15-17,20H2,1-2H3,(H2,34,35,36)/b22-18-/t24-/m0/s1. The van der Waals surface area contributed by atoms with Gasteiger partial charge in [-0.25, -0.2) is 14.8 Å². The lowest BCUT2D eigenvalue weighted by molar-refractivity contribution is -0.128. The molecular formula is C32H34N8O3. The molecule has 2 aromatic heterocycles. The van der Waals surface area contributed by atoms with E-state index < -0.39 is 5.54 Å². The molecule has 11 heteroatoms. The molecule has 2 aliphatic rings. The molecule has 0 spiro atoms. The zero-order chi connectivity index (χ0) is 30.1. The highest BCUT2D eigenvalue weighted by molar-refractivity contribution is 5.97. The Morgan fingerprint density at radius 2 is 1.77 bits per heavy atom. The zero-order valence-electron chi connectivity index (χ0n) is 24.3. The van der Waals surface area contributed by atoms with E-state index in [9.17, 15) is 14.9 Å². The van der Waals surface area contributed by atoms with Gasteiger partial charge in [0.15, 0.2) is 11.5 Å². The van der Waals surface area contributed by atoms with Crippen molar-refractivity contribution in [1.82, 2.24) is 28.9 Å². The van der Waals surface area contributed by atoms with Crippen LogP contribution < -0.4 is 16.2 Å². The number of para-hydroxylation sites is 1. The number of nitrogens with zero attached hydrogens (tertiary/aromatic N) is 7. The first-order chi connectivity index (χ1) is 20.8. The summed E-state index contributed by atoms with van der Waals surface area (Å²) in [5, 5.41) is 9.91. The third kappa shape index (κ3) is 5.37. The summed E-state index contributed by atoms with van der Waals surface area (Å²) in [7, 11) is 0. The number of aromatic nitrogens is 4. The van der Waals surface area contributed by atoms with Crippen molar-refractivity contribution in [3.8, 4) is 23.3 Å². The van der Waals surface area contributed by atoms with Crippen molar-refractivity contribution in [2.75, 3.05) is 31.9 Å². The number of ether oxygens (including phenoxy) is 1. The summed E-state index contributed by atoms with van der Waals surface area (Å²) in [5.74, 6) is 1.19. The Kier molecular flexibility index (Phi) is 7.46. The van der Waals surface area contributed by atoms with Crippen molar-refractivity contribution in [1.29, 1.82) is 5.26 Å². The minimum atomic E-state index is -0.394. The van der Waals surface area contributed by atoms with Crippen LogP contribution in [0.2, 0.25) is 0 Å². The van der Waals surface area contributed by atoms with Gasteiger partial charge in [0, 0.05) is 31.7 Å². The Balaban J connectivity index is 1.31. The Morgan fingerprint density at radius 3 is 2.44 bits per heavy atom. The summed E-state index contributed by atoms with van der Waals surface area (Å²) in [6.45, 7) is 6.72. The summed E-state index contributed by atoms with van der Waals surface area (Å²) in [6.07, 6.45) is 5.57. The fourth-order valence-corrected chi connectivity index (χ4v) is 5.92. The molecule has 4 aromatic rings. The second kappa shape index (κ2) is 11.4. The van der Waals surface area contributed by atoms with Crippen molar-refractivity contribution in [2.24, 2.45) is 0 Å². The molecule has 0 aliphatic carbocycles. The summed E-state index contributed by atoms with van der Waals surface area (Å²) in [6, 6.07) is 18.4. The average molecular weight is 579 g/mol. The van der Waals surface area contributed by atoms with Crippen LogP contribution in [0.4, 0.5) is 5.82 Å². The number of nitriles is 1. The molecule has 11 nitrogen and oxygen atoms in total. The number of fused-ring (bicyclic) bond motifs is 1. The van der Waals surface area contributed by atoms with E-state index in [1.54, 1.807) is 39.8 Å². The second-order valence-corrected chi connectivity index (χ2v) is 11.5. The van der Waals surface area contributed by atoms with Crippen LogP contribution in [0, 0.1) is 11.3 Å². The number of rotatable bonds is 7. The molecule has 1 amide bonds. The van der Waals surface area contributed by atoms with Crippen LogP contribution in [0.5, 0.6) is 11.5 Å². The van der Waals surface area contributed by atoms with Gasteiger partial charge in [-0.15, -0.1) is 0 Å². The smallest absolute Gasteiger partial charge is 0.335 e. The molecular weight excluding hydrogens is 544 g/mol. The molecule has 6 rings (SSSR count). The fourth-order valence-electron chi connectivity index (χ4n) is 5.92. The number of nitrogens with two attached hydrogens (primary N) is 1. The SMILES string of the molecule is CC(C)(/C=C(/C#N)C(=O)N1CCC[C@H](n2c(=O)n(-c3ccc(Oc4ccccc4)cc3)c3c(N)ncnc32)C1)N1CCC1. The maximum absolute atomic E-state index is 14.1. The third-order valence-electron chi connectivity index (χ3n) is 8.32. The van der Waals surface area contributed by atoms with Gasteiger partial charge in [0.1, 0.15) is 35.0 Å². The minimum Gasteiger partial charge on any atom is -0.457 e. The first-order valence-corrected chi connectivity index (χ1v) is 14.5. The molecule has 220 valence electrons. The predicted molar refractivity (Wildman–Crippen MR) is 163 cm³/mol. The lowest BCUT2D eigenvalue weighted by Gasteiger charge is -2.43. The molecule has 1 atom stereocenters. The highest BCUT2D eigenvalue weighted by atomic mass is 16.5. The van der Waals surface area contributed by atoms with E-state index in [0.717, 1.165) is 19.5 Å². The first-order valence-electron chi connectivity index (χ1n) is 14.5. The minimum absolute atomic E-state index is 0.122. The van der Waals surface area contributed by atoms with Crippen LogP contribution in [0.3, 0.4) is 0 Å². The highest BCUT2D eigenvalue weighted by Crippen LogP contribution is 2.30. The number of imidazole rings is 1. The first kappa shape index (κ1) is 28.2. The number of hydrogen-bond donors (Lipinski definition) is 1. The van der Waals surface area contributed by atoms with E-state index in [0.29, 0.717) is 47.7 Å². The average Bonchev–Trinajstić information content (AvgIpc) is 3.28. The summed E-state index contributed by atoms with van der Waals surface area (Å²) in [4.78, 5) is 40.2. The van der Waals surface area contributed by atoms with E-state index >= 15 is 0 Å². The van der Waals surface area contributed by atoms with E-state index in [2.05, 4.69) is 20.9 Å². The number of amides is 1. The lowest BCUT2D eigenvalue weighted by Crippen LogP contribution is -2.51. The van der Waals surface area contributed by atoms with Gasteiger partial charge in [-0.2, -0.15) is 5.26 Å². The van der Waals surface area contributed by atoms with Crippen LogP contribution in [0.15, 0.2) is 77.4 Å². The third-order valence-corrected chi connectivity index (χ3v) is 8.32. The monoisotopic (exact) mass is 578 g/mol. The molecule has 43 heavy (non-hydrogen) atoms. The van der Waals surface area contributed by atoms with Crippen LogP contribution in [-0.4, -0.2) is 66.5 Å². The molecule has 0 bridgehead atoms. The Labute approximate surface area is 249 Å². The normalized spacial score (nSPS) is 17.8. The Hall–Kier alpha value is -4.95. The molecule has 0 saturated carbocycles. The Morgan fingerprint density at radius 1 is 1.05 bits per heavy atom. The molecule has 2 N–H and O–H groups in total. The highest BCUT2D eigenvalue weighted by Gasteiger charge is 2.34. The number of carbonyl (C=O) groups excluding carboxylic acids is 1. The number of benzene rings is 2. The van der Waals surface area contributed by atoms with E-state index in [1.165, 1.54) is 10.9 Å². The Bertz CT molecular complexity index is 1780. The molecule has 4 heterocycles. The molecule has 2 aliphatic heterocycles. The largest absolute Gasteiger partial charge is 0.457 e. The number of hydrogen-bond acceptors (Lipinski definition) is 8. The number of likely N-dealkylation sites (tertiary alicyclic amines) is 2. The molecule has 2 saturated heterocycles.